The Morgan fingerprint density at radius 2 is 1.58 bits per heavy atom. The lowest BCUT2D eigenvalue weighted by molar-refractivity contribution is 0.347. The lowest BCUT2D eigenvalue weighted by atomic mass is 10.2. The molecule has 1 aliphatic rings. The number of anilines is 4. The fourth-order valence-electron chi connectivity index (χ4n) is 3.58. The first kappa shape index (κ1) is 21.1. The van der Waals surface area contributed by atoms with E-state index >= 15 is 0 Å². The molecule has 0 spiro atoms. The molecule has 0 radical (unpaired) electrons. The van der Waals surface area contributed by atoms with Gasteiger partial charge in [0.25, 0.3) is 0 Å². The van der Waals surface area contributed by atoms with E-state index in [0.29, 0.717) is 42.1 Å². The van der Waals surface area contributed by atoms with Gasteiger partial charge in [-0.2, -0.15) is 4.31 Å². The normalized spacial score (nSPS) is 14.9. The number of nitrogens with one attached hydrogen (secondary N) is 2. The van der Waals surface area contributed by atoms with Gasteiger partial charge in [0.15, 0.2) is 0 Å². The first-order chi connectivity index (χ1) is 14.9. The van der Waals surface area contributed by atoms with Crippen LogP contribution in [0.2, 0.25) is 0 Å². The third-order valence-corrected chi connectivity index (χ3v) is 6.93. The van der Waals surface area contributed by atoms with Gasteiger partial charge in [-0.15, -0.1) is 0 Å². The monoisotopic (exact) mass is 439 g/mol. The van der Waals surface area contributed by atoms with Crippen LogP contribution in [0.4, 0.5) is 23.1 Å². The van der Waals surface area contributed by atoms with E-state index in [-0.39, 0.29) is 4.90 Å². The van der Waals surface area contributed by atoms with E-state index in [1.54, 1.807) is 34.6 Å². The summed E-state index contributed by atoms with van der Waals surface area (Å²) in [5.41, 5.74) is 1.32. The summed E-state index contributed by atoms with van der Waals surface area (Å²) in [5, 5.41) is 6.28. The van der Waals surface area contributed by atoms with E-state index in [4.69, 9.17) is 0 Å². The molecule has 2 aromatic heterocycles. The maximum Gasteiger partial charge on any atom is 0.245 e. The fourth-order valence-corrected chi connectivity index (χ4v) is 5.25. The van der Waals surface area contributed by atoms with Crippen LogP contribution in [0, 0.1) is 13.8 Å². The summed E-state index contributed by atoms with van der Waals surface area (Å²) in [7, 11) is -3.59. The first-order valence-electron chi connectivity index (χ1n) is 10.2. The van der Waals surface area contributed by atoms with Crippen molar-refractivity contribution in [3.05, 3.63) is 54.2 Å². The molecule has 0 aliphatic carbocycles. The lowest BCUT2D eigenvalue weighted by Crippen LogP contribution is -2.35. The van der Waals surface area contributed by atoms with Crippen molar-refractivity contribution in [1.29, 1.82) is 0 Å². The molecule has 3 heterocycles. The fraction of sp³-hybridized carbons (Fsp3) is 0.333. The van der Waals surface area contributed by atoms with E-state index in [1.807, 2.05) is 19.9 Å². The maximum absolute atomic E-state index is 13.2. The van der Waals surface area contributed by atoms with E-state index in [9.17, 15) is 8.42 Å². The zero-order chi connectivity index (χ0) is 21.8. The summed E-state index contributed by atoms with van der Waals surface area (Å²) in [5.74, 6) is 2.29. The molecule has 1 saturated heterocycles. The quantitative estimate of drug-likeness (QED) is 0.600. The van der Waals surface area contributed by atoms with Crippen LogP contribution in [0.15, 0.2) is 47.6 Å². The van der Waals surface area contributed by atoms with Crippen molar-refractivity contribution >= 4 is 33.2 Å². The van der Waals surface area contributed by atoms with Crippen LogP contribution in [0.1, 0.15) is 30.8 Å². The number of aryl methyl sites for hydroxylation is 2. The van der Waals surface area contributed by atoms with Crippen LogP contribution >= 0.6 is 0 Å². The van der Waals surface area contributed by atoms with Crippen LogP contribution in [0.25, 0.3) is 0 Å². The Bertz CT molecular complexity index is 1160. The summed E-state index contributed by atoms with van der Waals surface area (Å²) in [6.07, 6.45) is 4.25. The molecule has 0 bridgehead atoms. The van der Waals surface area contributed by atoms with Crippen LogP contribution in [-0.2, 0) is 10.0 Å². The summed E-state index contributed by atoms with van der Waals surface area (Å²) in [6.45, 7) is 4.82. The topological polar surface area (TPSA) is 113 Å². The van der Waals surface area contributed by atoms with E-state index < -0.39 is 10.0 Å². The van der Waals surface area contributed by atoms with Crippen LogP contribution in [0.3, 0.4) is 0 Å². The number of sulfonamides is 1. The van der Waals surface area contributed by atoms with E-state index in [1.165, 1.54) is 6.33 Å². The van der Waals surface area contributed by atoms with Crippen LogP contribution in [0.5, 0.6) is 0 Å². The Morgan fingerprint density at radius 3 is 2.32 bits per heavy atom. The average molecular weight is 440 g/mol. The van der Waals surface area contributed by atoms with E-state index in [2.05, 4.69) is 30.6 Å². The molecule has 0 unspecified atom stereocenters. The number of nitrogens with zero attached hydrogens (tertiary/aromatic N) is 5. The highest BCUT2D eigenvalue weighted by atomic mass is 32.2. The van der Waals surface area contributed by atoms with Gasteiger partial charge in [0.2, 0.25) is 10.0 Å². The highest BCUT2D eigenvalue weighted by Crippen LogP contribution is 2.29. The van der Waals surface area contributed by atoms with Gasteiger partial charge < -0.3 is 10.6 Å². The van der Waals surface area contributed by atoms with Crippen molar-refractivity contribution in [1.82, 2.24) is 24.2 Å². The van der Waals surface area contributed by atoms with Crippen molar-refractivity contribution in [2.24, 2.45) is 0 Å². The molecule has 0 saturated carbocycles. The predicted molar refractivity (Wildman–Crippen MR) is 119 cm³/mol. The van der Waals surface area contributed by atoms with Crippen molar-refractivity contribution < 1.29 is 8.42 Å². The SMILES string of the molecule is Cc1cc(Nc2cc(Nc3ccccc3S(=O)(=O)N3CCCCC3)ncn2)nc(C)n1. The number of hydrogen-bond acceptors (Lipinski definition) is 8. The Balaban J connectivity index is 1.58. The zero-order valence-corrected chi connectivity index (χ0v) is 18.4. The number of piperidine rings is 1. The third kappa shape index (κ3) is 4.97. The van der Waals surface area contributed by atoms with Crippen molar-refractivity contribution in [3.63, 3.8) is 0 Å². The summed E-state index contributed by atoms with van der Waals surface area (Å²) in [6, 6.07) is 10.4. The highest BCUT2D eigenvalue weighted by Gasteiger charge is 2.28. The number of hydrogen-bond donors (Lipinski definition) is 2. The van der Waals surface area contributed by atoms with E-state index in [0.717, 1.165) is 25.0 Å². The number of benzene rings is 1. The minimum absolute atomic E-state index is 0.243. The molecule has 0 atom stereocenters. The Labute approximate surface area is 182 Å². The minimum atomic E-state index is -3.59. The molecular formula is C21H25N7O2S. The molecule has 10 heteroatoms. The Hall–Kier alpha value is -3.11. The molecule has 3 aromatic rings. The molecule has 1 aromatic carbocycles. The highest BCUT2D eigenvalue weighted by molar-refractivity contribution is 7.89. The number of aromatic nitrogens is 4. The summed E-state index contributed by atoms with van der Waals surface area (Å²) >= 11 is 0. The predicted octanol–water partition coefficient (Wildman–Crippen LogP) is 3.55. The van der Waals surface area contributed by atoms with Gasteiger partial charge in [0, 0.05) is 30.9 Å². The molecular weight excluding hydrogens is 414 g/mol. The van der Waals surface area contributed by atoms with Gasteiger partial charge >= 0.3 is 0 Å². The third-order valence-electron chi connectivity index (χ3n) is 4.97. The molecule has 2 N–H and O–H groups in total. The smallest absolute Gasteiger partial charge is 0.245 e. The van der Waals surface area contributed by atoms with Crippen LogP contribution < -0.4 is 10.6 Å². The van der Waals surface area contributed by atoms with Gasteiger partial charge in [0.05, 0.1) is 5.69 Å². The Kier molecular flexibility index (Phi) is 6.10. The van der Waals surface area contributed by atoms with Crippen molar-refractivity contribution in [2.45, 2.75) is 38.0 Å². The molecule has 4 rings (SSSR count). The second-order valence-corrected chi connectivity index (χ2v) is 9.35. The van der Waals surface area contributed by atoms with Gasteiger partial charge in [0.1, 0.15) is 34.5 Å². The van der Waals surface area contributed by atoms with Crippen molar-refractivity contribution in [3.8, 4) is 0 Å². The van der Waals surface area contributed by atoms with Crippen LogP contribution in [-0.4, -0.2) is 45.7 Å². The number of rotatable bonds is 6. The van der Waals surface area contributed by atoms with Gasteiger partial charge in [-0.25, -0.2) is 28.4 Å². The largest absolute Gasteiger partial charge is 0.339 e. The van der Waals surface area contributed by atoms with Gasteiger partial charge in [-0.05, 0) is 38.8 Å². The first-order valence-corrected chi connectivity index (χ1v) is 11.6. The lowest BCUT2D eigenvalue weighted by Gasteiger charge is -2.26. The molecule has 1 fully saturated rings. The maximum atomic E-state index is 13.2. The minimum Gasteiger partial charge on any atom is -0.339 e. The zero-order valence-electron chi connectivity index (χ0n) is 17.5. The molecule has 31 heavy (non-hydrogen) atoms. The second kappa shape index (κ2) is 8.94. The van der Waals surface area contributed by atoms with Crippen molar-refractivity contribution in [2.75, 3.05) is 23.7 Å². The molecule has 9 nitrogen and oxygen atoms in total. The number of para-hydroxylation sites is 1. The standard InChI is InChI=1S/C21H25N7O2S/c1-15-12-21(25-16(2)24-15)27-20-13-19(22-14-23-20)26-17-8-4-5-9-18(17)31(29,30)28-10-6-3-7-11-28/h4-5,8-9,12-14H,3,6-7,10-11H2,1-2H3,(H2,22,23,24,25,26,27). The summed E-state index contributed by atoms with van der Waals surface area (Å²) < 4.78 is 28.0. The molecule has 1 aliphatic heterocycles. The molecule has 0 amide bonds. The van der Waals surface area contributed by atoms with Gasteiger partial charge in [-0.3, -0.25) is 0 Å². The Morgan fingerprint density at radius 1 is 0.871 bits per heavy atom. The van der Waals surface area contributed by atoms with Gasteiger partial charge in [-0.1, -0.05) is 18.6 Å². The second-order valence-electron chi connectivity index (χ2n) is 7.44. The average Bonchev–Trinajstić information content (AvgIpc) is 2.74. The molecule has 162 valence electrons. The summed E-state index contributed by atoms with van der Waals surface area (Å²) in [4.78, 5) is 17.3.